The number of ether oxygens (including phenoxy) is 2. The van der Waals surface area contributed by atoms with Gasteiger partial charge in [-0.25, -0.2) is 0 Å². The molecule has 0 saturated heterocycles. The Labute approximate surface area is 142 Å². The lowest BCUT2D eigenvalue weighted by atomic mass is 9.51. The van der Waals surface area contributed by atoms with E-state index in [-0.39, 0.29) is 28.9 Å². The van der Waals surface area contributed by atoms with Crippen molar-refractivity contribution in [2.45, 2.75) is 64.9 Å². The Balaban J connectivity index is 1.97. The summed E-state index contributed by atoms with van der Waals surface area (Å²) in [7, 11) is 0. The Morgan fingerprint density at radius 2 is 2.00 bits per heavy atom. The third-order valence-electron chi connectivity index (χ3n) is 5.86. The molecule has 2 aliphatic rings. The molecule has 1 fully saturated rings. The summed E-state index contributed by atoms with van der Waals surface area (Å²) in [4.78, 5) is 22.9. The highest BCUT2D eigenvalue weighted by Gasteiger charge is 2.57. The van der Waals surface area contributed by atoms with Gasteiger partial charge in [-0.1, -0.05) is 13.8 Å². The molecule has 5 nitrogen and oxygen atoms in total. The molecule has 0 amide bonds. The van der Waals surface area contributed by atoms with E-state index in [1.165, 1.54) is 19.4 Å². The van der Waals surface area contributed by atoms with E-state index in [1.807, 2.05) is 6.07 Å². The molecule has 0 unspecified atom stereocenters. The molecule has 132 valence electrons. The van der Waals surface area contributed by atoms with Crippen molar-refractivity contribution in [3.8, 4) is 0 Å². The molecule has 0 spiro atoms. The van der Waals surface area contributed by atoms with Gasteiger partial charge in [-0.3, -0.25) is 9.59 Å². The van der Waals surface area contributed by atoms with Crippen molar-refractivity contribution in [3.63, 3.8) is 0 Å². The minimum absolute atomic E-state index is 0.194. The topological polar surface area (TPSA) is 65.7 Å². The van der Waals surface area contributed by atoms with E-state index < -0.39 is 0 Å². The van der Waals surface area contributed by atoms with E-state index in [0.717, 1.165) is 25.0 Å². The Morgan fingerprint density at radius 3 is 2.67 bits per heavy atom. The van der Waals surface area contributed by atoms with Gasteiger partial charge >= 0.3 is 11.9 Å². The molecule has 3 rings (SSSR count). The van der Waals surface area contributed by atoms with Crippen LogP contribution in [0.3, 0.4) is 0 Å². The van der Waals surface area contributed by atoms with Gasteiger partial charge in [-0.05, 0) is 43.2 Å². The summed E-state index contributed by atoms with van der Waals surface area (Å²) < 4.78 is 16.8. The fourth-order valence-electron chi connectivity index (χ4n) is 5.11. The van der Waals surface area contributed by atoms with E-state index in [1.54, 1.807) is 6.26 Å². The maximum absolute atomic E-state index is 11.5. The summed E-state index contributed by atoms with van der Waals surface area (Å²) in [5, 5.41) is 0. The summed E-state index contributed by atoms with van der Waals surface area (Å²) in [6.45, 7) is 7.55. The molecule has 0 bridgehead atoms. The van der Waals surface area contributed by atoms with Crippen molar-refractivity contribution in [2.75, 3.05) is 6.61 Å². The molecule has 24 heavy (non-hydrogen) atoms. The molecule has 0 aromatic carbocycles. The van der Waals surface area contributed by atoms with E-state index in [0.29, 0.717) is 18.9 Å². The van der Waals surface area contributed by atoms with Crippen LogP contribution >= 0.6 is 0 Å². The van der Waals surface area contributed by atoms with Crippen LogP contribution in [0, 0.1) is 11.3 Å². The Morgan fingerprint density at radius 1 is 1.25 bits per heavy atom. The zero-order valence-electron chi connectivity index (χ0n) is 14.9. The van der Waals surface area contributed by atoms with Crippen molar-refractivity contribution >= 4 is 11.9 Å². The summed E-state index contributed by atoms with van der Waals surface area (Å²) in [5.74, 6) is 0.772. The Bertz CT molecular complexity index is 648. The van der Waals surface area contributed by atoms with Crippen LogP contribution in [0.15, 0.2) is 16.7 Å². The van der Waals surface area contributed by atoms with Crippen molar-refractivity contribution in [1.82, 2.24) is 0 Å². The molecular weight excluding hydrogens is 308 g/mol. The monoisotopic (exact) mass is 334 g/mol. The molecule has 0 N–H and O–H groups in total. The molecule has 1 aromatic rings. The second-order valence-corrected chi connectivity index (χ2v) is 7.86. The number of rotatable bonds is 3. The first-order valence-electron chi connectivity index (χ1n) is 8.62. The van der Waals surface area contributed by atoms with Crippen LogP contribution in [-0.2, 0) is 30.9 Å². The van der Waals surface area contributed by atoms with Gasteiger partial charge in [0.05, 0.1) is 12.9 Å². The standard InChI is InChI=1S/C19H26O5/c1-12(20)23-11-18(3)9-15(24-13(2)21)10-19(4)16(18)6-5-14-7-8-22-17(14)19/h7-8,15-16H,5-6,9-11H2,1-4H3/t15-,16-,18-,19-/m1/s1. The fraction of sp³-hybridized carbons (Fsp3) is 0.684. The van der Waals surface area contributed by atoms with Crippen LogP contribution < -0.4 is 0 Å². The van der Waals surface area contributed by atoms with Crippen LogP contribution in [0.2, 0.25) is 0 Å². The first kappa shape index (κ1) is 17.1. The lowest BCUT2D eigenvalue weighted by Gasteiger charge is -2.55. The van der Waals surface area contributed by atoms with Crippen LogP contribution in [0.1, 0.15) is 58.3 Å². The minimum atomic E-state index is -0.276. The van der Waals surface area contributed by atoms with Crippen LogP contribution in [0.5, 0.6) is 0 Å². The number of carbonyl (C=O) groups is 2. The highest BCUT2D eigenvalue weighted by Crippen LogP contribution is 2.58. The number of fused-ring (bicyclic) bond motifs is 3. The van der Waals surface area contributed by atoms with Gasteiger partial charge in [-0.2, -0.15) is 0 Å². The smallest absolute Gasteiger partial charge is 0.302 e. The third kappa shape index (κ3) is 2.85. The largest absolute Gasteiger partial charge is 0.468 e. The maximum Gasteiger partial charge on any atom is 0.302 e. The third-order valence-corrected chi connectivity index (χ3v) is 5.86. The molecule has 1 saturated carbocycles. The quantitative estimate of drug-likeness (QED) is 0.793. The zero-order chi connectivity index (χ0) is 17.5. The first-order chi connectivity index (χ1) is 11.2. The average molecular weight is 334 g/mol. The van der Waals surface area contributed by atoms with Crippen molar-refractivity contribution in [2.24, 2.45) is 11.3 Å². The van der Waals surface area contributed by atoms with Gasteiger partial charge in [0.25, 0.3) is 0 Å². The van der Waals surface area contributed by atoms with Crippen molar-refractivity contribution in [3.05, 3.63) is 23.7 Å². The molecular formula is C19H26O5. The molecule has 2 aliphatic carbocycles. The average Bonchev–Trinajstić information content (AvgIpc) is 2.94. The number of furan rings is 1. The normalized spacial score (nSPS) is 34.8. The van der Waals surface area contributed by atoms with E-state index in [9.17, 15) is 9.59 Å². The van der Waals surface area contributed by atoms with Crippen molar-refractivity contribution in [1.29, 1.82) is 0 Å². The van der Waals surface area contributed by atoms with Gasteiger partial charge in [0.2, 0.25) is 0 Å². The van der Waals surface area contributed by atoms with Gasteiger partial charge in [0, 0.05) is 24.7 Å². The van der Waals surface area contributed by atoms with Gasteiger partial charge in [-0.15, -0.1) is 0 Å². The first-order valence-corrected chi connectivity index (χ1v) is 8.62. The van der Waals surface area contributed by atoms with Gasteiger partial charge < -0.3 is 13.9 Å². The molecule has 0 radical (unpaired) electrons. The highest BCUT2D eigenvalue weighted by molar-refractivity contribution is 5.66. The van der Waals surface area contributed by atoms with E-state index in [4.69, 9.17) is 13.9 Å². The highest BCUT2D eigenvalue weighted by atomic mass is 16.5. The second-order valence-electron chi connectivity index (χ2n) is 7.86. The molecule has 0 aliphatic heterocycles. The Hall–Kier alpha value is -1.78. The van der Waals surface area contributed by atoms with Crippen LogP contribution in [0.25, 0.3) is 0 Å². The predicted octanol–water partition coefficient (Wildman–Crippen LogP) is 3.39. The van der Waals surface area contributed by atoms with E-state index in [2.05, 4.69) is 13.8 Å². The second kappa shape index (κ2) is 5.94. The van der Waals surface area contributed by atoms with Gasteiger partial charge in [0.15, 0.2) is 0 Å². The molecule has 1 heterocycles. The summed E-state index contributed by atoms with van der Waals surface area (Å²) in [6, 6.07) is 2.04. The van der Waals surface area contributed by atoms with Crippen molar-refractivity contribution < 1.29 is 23.5 Å². The lowest BCUT2D eigenvalue weighted by Crippen LogP contribution is -2.55. The summed E-state index contributed by atoms with van der Waals surface area (Å²) in [5.41, 5.74) is 0.778. The minimum Gasteiger partial charge on any atom is -0.468 e. The number of hydrogen-bond donors (Lipinski definition) is 0. The Kier molecular flexibility index (Phi) is 4.22. The van der Waals surface area contributed by atoms with Crippen LogP contribution in [-0.4, -0.2) is 24.6 Å². The van der Waals surface area contributed by atoms with Crippen LogP contribution in [0.4, 0.5) is 0 Å². The summed E-state index contributed by atoms with van der Waals surface area (Å²) in [6.07, 6.45) is 4.99. The lowest BCUT2D eigenvalue weighted by molar-refractivity contribution is -0.164. The summed E-state index contributed by atoms with van der Waals surface area (Å²) >= 11 is 0. The number of carbonyl (C=O) groups excluding carboxylic acids is 2. The molecule has 4 atom stereocenters. The fourth-order valence-corrected chi connectivity index (χ4v) is 5.11. The SMILES string of the molecule is CC(=O)OC[C@@]1(C)C[C@@H](OC(C)=O)C[C@@]2(C)c3occc3CC[C@H]12. The zero-order valence-corrected chi connectivity index (χ0v) is 14.9. The van der Waals surface area contributed by atoms with E-state index >= 15 is 0 Å². The van der Waals surface area contributed by atoms with Gasteiger partial charge in [0.1, 0.15) is 11.9 Å². The number of esters is 2. The predicted molar refractivity (Wildman–Crippen MR) is 87.4 cm³/mol. The molecule has 5 heteroatoms. The molecule has 1 aromatic heterocycles. The number of aryl methyl sites for hydroxylation is 1. The number of hydrogen-bond acceptors (Lipinski definition) is 5. The maximum atomic E-state index is 11.5.